The van der Waals surface area contributed by atoms with Gasteiger partial charge >= 0.3 is 0 Å². The quantitative estimate of drug-likeness (QED) is 0.743. The number of benzene rings is 2. The van der Waals surface area contributed by atoms with E-state index in [1.54, 1.807) is 0 Å². The van der Waals surface area contributed by atoms with Crippen molar-refractivity contribution >= 4 is 28.9 Å². The molecule has 0 radical (unpaired) electrons. The van der Waals surface area contributed by atoms with E-state index in [0.717, 1.165) is 53.1 Å². The fraction of sp³-hybridized carbons (Fsp3) is 0.455. The van der Waals surface area contributed by atoms with Gasteiger partial charge in [-0.25, -0.2) is 0 Å². The molecule has 0 bridgehead atoms. The molecule has 1 fully saturated rings. The number of ether oxygens (including phenoxy) is 1. The van der Waals surface area contributed by atoms with Crippen LogP contribution in [0.2, 0.25) is 10.0 Å². The first-order chi connectivity index (χ1) is 13.3. The summed E-state index contributed by atoms with van der Waals surface area (Å²) in [6, 6.07) is 9.84. The standard InChI is InChI=1S/C22H28Cl2N2O2/c1-15-4-5-18(23)12-21(15)26-8-6-25(7-9-26)13-19(27)14-28-20-10-16(2)22(24)17(3)11-20/h4-5,10-12,19,27H,6-9,13-14H2,1-3H3/t19-/m1/s1. The van der Waals surface area contributed by atoms with Crippen LogP contribution in [0.4, 0.5) is 5.69 Å². The Hall–Kier alpha value is -1.46. The van der Waals surface area contributed by atoms with Gasteiger partial charge < -0.3 is 14.7 Å². The average molecular weight is 423 g/mol. The highest BCUT2D eigenvalue weighted by Crippen LogP contribution is 2.27. The number of halogens is 2. The lowest BCUT2D eigenvalue weighted by Crippen LogP contribution is -2.49. The summed E-state index contributed by atoms with van der Waals surface area (Å²) in [5, 5.41) is 11.9. The van der Waals surface area contributed by atoms with Crippen LogP contribution in [-0.4, -0.2) is 55.4 Å². The van der Waals surface area contributed by atoms with Crippen LogP contribution >= 0.6 is 23.2 Å². The molecule has 1 N–H and O–H groups in total. The van der Waals surface area contributed by atoms with E-state index in [0.29, 0.717) is 6.54 Å². The van der Waals surface area contributed by atoms with Gasteiger partial charge in [0, 0.05) is 48.5 Å². The Morgan fingerprint density at radius 1 is 0.964 bits per heavy atom. The van der Waals surface area contributed by atoms with Crippen LogP contribution in [-0.2, 0) is 0 Å². The Morgan fingerprint density at radius 2 is 1.61 bits per heavy atom. The van der Waals surface area contributed by atoms with E-state index in [4.69, 9.17) is 27.9 Å². The van der Waals surface area contributed by atoms with Crippen LogP contribution in [0.25, 0.3) is 0 Å². The molecule has 152 valence electrons. The smallest absolute Gasteiger partial charge is 0.120 e. The minimum atomic E-state index is -0.532. The van der Waals surface area contributed by atoms with Crippen molar-refractivity contribution < 1.29 is 9.84 Å². The van der Waals surface area contributed by atoms with Crippen LogP contribution in [0.15, 0.2) is 30.3 Å². The topological polar surface area (TPSA) is 35.9 Å². The molecule has 6 heteroatoms. The summed E-state index contributed by atoms with van der Waals surface area (Å²) < 4.78 is 5.78. The molecule has 0 saturated carbocycles. The molecule has 0 aliphatic carbocycles. The Kier molecular flexibility index (Phi) is 7.10. The van der Waals surface area contributed by atoms with E-state index in [-0.39, 0.29) is 6.61 Å². The third-order valence-corrected chi connectivity index (χ3v) is 6.04. The molecule has 0 aromatic heterocycles. The lowest BCUT2D eigenvalue weighted by atomic mass is 10.1. The number of hydrogen-bond acceptors (Lipinski definition) is 4. The summed E-state index contributed by atoms with van der Waals surface area (Å²) in [7, 11) is 0. The largest absolute Gasteiger partial charge is 0.491 e. The van der Waals surface area contributed by atoms with Crippen molar-refractivity contribution in [2.24, 2.45) is 0 Å². The molecule has 2 aromatic rings. The van der Waals surface area contributed by atoms with E-state index in [9.17, 15) is 5.11 Å². The number of nitrogens with zero attached hydrogens (tertiary/aromatic N) is 2. The first-order valence-corrected chi connectivity index (χ1v) is 10.4. The zero-order valence-corrected chi connectivity index (χ0v) is 18.2. The van der Waals surface area contributed by atoms with Crippen LogP contribution in [0.5, 0.6) is 5.75 Å². The molecular weight excluding hydrogens is 395 g/mol. The first-order valence-electron chi connectivity index (χ1n) is 9.64. The molecule has 1 aliphatic heterocycles. The fourth-order valence-electron chi connectivity index (χ4n) is 3.63. The minimum absolute atomic E-state index is 0.272. The second-order valence-corrected chi connectivity index (χ2v) is 8.37. The zero-order valence-electron chi connectivity index (χ0n) is 16.7. The van der Waals surface area contributed by atoms with Gasteiger partial charge in [0.2, 0.25) is 0 Å². The maximum absolute atomic E-state index is 10.4. The number of rotatable bonds is 6. The summed E-state index contributed by atoms with van der Waals surface area (Å²) in [5.74, 6) is 0.750. The van der Waals surface area contributed by atoms with Gasteiger partial charge in [-0.2, -0.15) is 0 Å². The summed E-state index contributed by atoms with van der Waals surface area (Å²) in [4.78, 5) is 4.64. The highest BCUT2D eigenvalue weighted by atomic mass is 35.5. The highest BCUT2D eigenvalue weighted by molar-refractivity contribution is 6.32. The van der Waals surface area contributed by atoms with E-state index in [2.05, 4.69) is 22.8 Å². The van der Waals surface area contributed by atoms with Crippen molar-refractivity contribution in [2.45, 2.75) is 26.9 Å². The monoisotopic (exact) mass is 422 g/mol. The molecular formula is C22H28Cl2N2O2. The number of aliphatic hydroxyl groups is 1. The molecule has 2 aromatic carbocycles. The number of aryl methyl sites for hydroxylation is 3. The lowest BCUT2D eigenvalue weighted by Gasteiger charge is -2.37. The number of hydrogen-bond donors (Lipinski definition) is 1. The Bertz CT molecular complexity index is 797. The number of anilines is 1. The van der Waals surface area contributed by atoms with Crippen LogP contribution in [0, 0.1) is 20.8 Å². The van der Waals surface area contributed by atoms with Crippen molar-refractivity contribution in [3.05, 3.63) is 57.1 Å². The van der Waals surface area contributed by atoms with Crippen molar-refractivity contribution in [1.29, 1.82) is 0 Å². The first kappa shape index (κ1) is 21.3. The Morgan fingerprint density at radius 3 is 2.25 bits per heavy atom. The van der Waals surface area contributed by atoms with E-state index < -0.39 is 6.10 Å². The normalized spacial score (nSPS) is 16.3. The summed E-state index contributed by atoms with van der Waals surface area (Å²) in [5.41, 5.74) is 4.40. The Labute approximate surface area is 177 Å². The maximum atomic E-state index is 10.4. The predicted octanol–water partition coefficient (Wildman–Crippen LogP) is 4.48. The van der Waals surface area contributed by atoms with Gasteiger partial charge in [0.25, 0.3) is 0 Å². The molecule has 3 rings (SSSR count). The zero-order chi connectivity index (χ0) is 20.3. The van der Waals surface area contributed by atoms with Gasteiger partial charge in [-0.05, 0) is 61.7 Å². The third kappa shape index (κ3) is 5.32. The van der Waals surface area contributed by atoms with Crippen molar-refractivity contribution in [1.82, 2.24) is 4.90 Å². The van der Waals surface area contributed by atoms with Gasteiger partial charge in [0.1, 0.15) is 18.5 Å². The predicted molar refractivity (Wildman–Crippen MR) is 117 cm³/mol. The lowest BCUT2D eigenvalue weighted by molar-refractivity contribution is 0.0662. The molecule has 0 spiro atoms. The van der Waals surface area contributed by atoms with Crippen LogP contribution < -0.4 is 9.64 Å². The van der Waals surface area contributed by atoms with E-state index in [1.807, 2.05) is 38.1 Å². The van der Waals surface area contributed by atoms with E-state index in [1.165, 1.54) is 11.3 Å². The van der Waals surface area contributed by atoms with Gasteiger partial charge in [0.15, 0.2) is 0 Å². The SMILES string of the molecule is Cc1ccc(Cl)cc1N1CCN(C[C@@H](O)COc2cc(C)c(Cl)c(C)c2)CC1. The molecule has 28 heavy (non-hydrogen) atoms. The van der Waals surface area contributed by atoms with Crippen molar-refractivity contribution in [3.8, 4) is 5.75 Å². The molecule has 1 atom stereocenters. The van der Waals surface area contributed by atoms with Crippen molar-refractivity contribution in [3.63, 3.8) is 0 Å². The molecule has 0 amide bonds. The molecule has 0 unspecified atom stereocenters. The van der Waals surface area contributed by atoms with E-state index >= 15 is 0 Å². The minimum Gasteiger partial charge on any atom is -0.491 e. The Balaban J connectivity index is 1.47. The number of piperazine rings is 1. The second-order valence-electron chi connectivity index (χ2n) is 7.55. The van der Waals surface area contributed by atoms with Gasteiger partial charge in [0.05, 0.1) is 0 Å². The summed E-state index contributed by atoms with van der Waals surface area (Å²) in [6.45, 7) is 10.6. The molecule has 1 aliphatic rings. The summed E-state index contributed by atoms with van der Waals surface area (Å²) >= 11 is 12.3. The van der Waals surface area contributed by atoms with Crippen LogP contribution in [0.3, 0.4) is 0 Å². The van der Waals surface area contributed by atoms with Crippen LogP contribution in [0.1, 0.15) is 16.7 Å². The molecule has 4 nitrogen and oxygen atoms in total. The number of aliphatic hydroxyl groups excluding tert-OH is 1. The molecule has 1 heterocycles. The third-order valence-electron chi connectivity index (χ3n) is 5.21. The molecule has 1 saturated heterocycles. The van der Waals surface area contributed by atoms with Gasteiger partial charge in [-0.1, -0.05) is 29.3 Å². The van der Waals surface area contributed by atoms with Gasteiger partial charge in [-0.3, -0.25) is 4.90 Å². The highest BCUT2D eigenvalue weighted by Gasteiger charge is 2.21. The maximum Gasteiger partial charge on any atom is 0.120 e. The van der Waals surface area contributed by atoms with Crippen molar-refractivity contribution in [2.75, 3.05) is 44.2 Å². The van der Waals surface area contributed by atoms with Gasteiger partial charge in [-0.15, -0.1) is 0 Å². The second kappa shape index (κ2) is 9.36. The number of β-amino-alcohol motifs (C(OH)–C–C–N with tert-alkyl or cyclic N) is 1. The fourth-order valence-corrected chi connectivity index (χ4v) is 3.90. The summed E-state index contributed by atoms with van der Waals surface area (Å²) in [6.07, 6.45) is -0.532. The average Bonchev–Trinajstić information content (AvgIpc) is 2.67.